The summed E-state index contributed by atoms with van der Waals surface area (Å²) in [6.45, 7) is 3.98. The molecule has 0 saturated carbocycles. The van der Waals surface area contributed by atoms with E-state index < -0.39 is 0 Å². The molecular formula is C20H22N4OS2. The molecule has 2 N–H and O–H groups in total. The van der Waals surface area contributed by atoms with Gasteiger partial charge in [0, 0.05) is 18.8 Å². The van der Waals surface area contributed by atoms with Crippen LogP contribution in [0.5, 0.6) is 0 Å². The molecule has 0 aliphatic carbocycles. The van der Waals surface area contributed by atoms with Gasteiger partial charge in [-0.2, -0.15) is 0 Å². The Morgan fingerprint density at radius 1 is 1.11 bits per heavy atom. The van der Waals surface area contributed by atoms with Crippen LogP contribution in [0.1, 0.15) is 22.5 Å². The van der Waals surface area contributed by atoms with Gasteiger partial charge in [-0.3, -0.25) is 4.79 Å². The number of aromatic nitrogens is 1. The van der Waals surface area contributed by atoms with Crippen LogP contribution >= 0.6 is 22.7 Å². The van der Waals surface area contributed by atoms with Crippen molar-refractivity contribution in [3.8, 4) is 0 Å². The van der Waals surface area contributed by atoms with Crippen molar-refractivity contribution in [2.75, 3.05) is 31.5 Å². The Hall–Kier alpha value is -1.96. The maximum atomic E-state index is 13.0. The number of carbonyl (C=O) groups excluding carboxylic acids is 1. The molecule has 2 aliphatic rings. The van der Waals surface area contributed by atoms with E-state index in [-0.39, 0.29) is 5.91 Å². The zero-order valence-electron chi connectivity index (χ0n) is 15.0. The second-order valence-corrected chi connectivity index (χ2v) is 9.40. The van der Waals surface area contributed by atoms with Crippen molar-refractivity contribution in [3.05, 3.63) is 41.3 Å². The quantitative estimate of drug-likeness (QED) is 0.695. The summed E-state index contributed by atoms with van der Waals surface area (Å²) in [6.07, 6.45) is 2.24. The first-order valence-electron chi connectivity index (χ1n) is 9.49. The molecule has 27 heavy (non-hydrogen) atoms. The standard InChI is InChI=1S/C20H22N4OS2/c25-19(24-8-6-13-11-21-12-14(13)7-9-24)17-10-16-18(26-17)23-20(27-16)22-15-4-2-1-3-5-15/h1-5,10,13-14,21H,6-9,11-12H2,(H,22,23)/t13-,14+. The third kappa shape index (κ3) is 3.47. The number of nitrogens with zero attached hydrogens (tertiary/aromatic N) is 2. The Labute approximate surface area is 166 Å². The van der Waals surface area contributed by atoms with E-state index in [0.717, 1.165) is 76.1 Å². The van der Waals surface area contributed by atoms with E-state index >= 15 is 0 Å². The lowest BCUT2D eigenvalue weighted by molar-refractivity contribution is 0.0763. The van der Waals surface area contributed by atoms with Gasteiger partial charge in [-0.1, -0.05) is 29.5 Å². The molecule has 0 unspecified atom stereocenters. The Morgan fingerprint density at radius 3 is 2.56 bits per heavy atom. The molecule has 2 aromatic heterocycles. The van der Waals surface area contributed by atoms with E-state index in [9.17, 15) is 4.79 Å². The molecule has 5 rings (SSSR count). The number of thiazole rings is 1. The number of amides is 1. The maximum Gasteiger partial charge on any atom is 0.264 e. The van der Waals surface area contributed by atoms with Gasteiger partial charge in [0.1, 0.15) is 4.83 Å². The number of nitrogens with one attached hydrogen (secondary N) is 2. The third-order valence-corrected chi connectivity index (χ3v) is 7.70. The summed E-state index contributed by atoms with van der Waals surface area (Å²) in [6, 6.07) is 12.1. The number of para-hydroxylation sites is 1. The monoisotopic (exact) mass is 398 g/mol. The summed E-state index contributed by atoms with van der Waals surface area (Å²) in [4.78, 5) is 21.5. The van der Waals surface area contributed by atoms with Crippen LogP contribution in [-0.4, -0.2) is 42.0 Å². The lowest BCUT2D eigenvalue weighted by Crippen LogP contribution is -2.32. The predicted molar refractivity (Wildman–Crippen MR) is 112 cm³/mol. The van der Waals surface area contributed by atoms with Gasteiger partial charge < -0.3 is 15.5 Å². The minimum Gasteiger partial charge on any atom is -0.338 e. The van der Waals surface area contributed by atoms with Crippen molar-refractivity contribution in [1.82, 2.24) is 15.2 Å². The summed E-state index contributed by atoms with van der Waals surface area (Å²) in [5.74, 6) is 1.65. The highest BCUT2D eigenvalue weighted by Crippen LogP contribution is 2.35. The molecule has 0 bridgehead atoms. The number of rotatable bonds is 3. The first kappa shape index (κ1) is 17.2. The van der Waals surface area contributed by atoms with Crippen LogP contribution in [-0.2, 0) is 0 Å². The number of benzene rings is 1. The van der Waals surface area contributed by atoms with Crippen molar-refractivity contribution in [3.63, 3.8) is 0 Å². The number of likely N-dealkylation sites (tertiary alicyclic amines) is 1. The van der Waals surface area contributed by atoms with E-state index in [1.54, 1.807) is 11.3 Å². The van der Waals surface area contributed by atoms with E-state index in [4.69, 9.17) is 0 Å². The fourth-order valence-electron chi connectivity index (χ4n) is 4.12. The minimum atomic E-state index is 0.177. The molecule has 3 aromatic rings. The normalized spacial score (nSPS) is 22.6. The molecule has 2 saturated heterocycles. The van der Waals surface area contributed by atoms with E-state index in [1.807, 2.05) is 36.4 Å². The van der Waals surface area contributed by atoms with Crippen LogP contribution in [0.4, 0.5) is 10.8 Å². The minimum absolute atomic E-state index is 0.177. The van der Waals surface area contributed by atoms with E-state index in [2.05, 4.69) is 20.5 Å². The lowest BCUT2D eigenvalue weighted by atomic mass is 9.92. The first-order chi connectivity index (χ1) is 13.3. The van der Waals surface area contributed by atoms with Crippen molar-refractivity contribution >= 4 is 48.9 Å². The summed E-state index contributed by atoms with van der Waals surface area (Å²) in [7, 11) is 0. The Bertz CT molecular complexity index is 906. The van der Waals surface area contributed by atoms with Gasteiger partial charge in [-0.15, -0.1) is 11.3 Å². The Morgan fingerprint density at radius 2 is 1.85 bits per heavy atom. The van der Waals surface area contributed by atoms with E-state index in [0.29, 0.717) is 0 Å². The molecule has 140 valence electrons. The van der Waals surface area contributed by atoms with Gasteiger partial charge in [0.15, 0.2) is 5.13 Å². The van der Waals surface area contributed by atoms with Crippen LogP contribution in [0.3, 0.4) is 0 Å². The van der Waals surface area contributed by atoms with Crippen LogP contribution in [0.25, 0.3) is 9.53 Å². The summed E-state index contributed by atoms with van der Waals surface area (Å²) < 4.78 is 1.08. The predicted octanol–water partition coefficient (Wildman–Crippen LogP) is 4.17. The van der Waals surface area contributed by atoms with Gasteiger partial charge in [0.25, 0.3) is 5.91 Å². The molecule has 7 heteroatoms. The second-order valence-electron chi connectivity index (χ2n) is 7.34. The van der Waals surface area contributed by atoms with Crippen LogP contribution in [0.15, 0.2) is 36.4 Å². The average molecular weight is 399 g/mol. The molecule has 0 spiro atoms. The van der Waals surface area contributed by atoms with Crippen LogP contribution in [0.2, 0.25) is 0 Å². The average Bonchev–Trinajstić information content (AvgIpc) is 3.34. The third-order valence-electron chi connectivity index (χ3n) is 5.63. The molecule has 0 radical (unpaired) electrons. The molecule has 4 heterocycles. The fourth-order valence-corrected chi connectivity index (χ4v) is 6.22. The number of hydrogen-bond acceptors (Lipinski definition) is 6. The molecule has 5 nitrogen and oxygen atoms in total. The van der Waals surface area contributed by atoms with Crippen molar-refractivity contribution in [1.29, 1.82) is 0 Å². The molecule has 1 amide bonds. The van der Waals surface area contributed by atoms with Gasteiger partial charge in [0.05, 0.1) is 9.58 Å². The highest BCUT2D eigenvalue weighted by atomic mass is 32.1. The number of anilines is 2. The van der Waals surface area contributed by atoms with Gasteiger partial charge in [0.2, 0.25) is 0 Å². The largest absolute Gasteiger partial charge is 0.338 e. The Kier molecular flexibility index (Phi) is 4.59. The molecular weight excluding hydrogens is 376 g/mol. The topological polar surface area (TPSA) is 57.3 Å². The van der Waals surface area contributed by atoms with Gasteiger partial charge in [-0.25, -0.2) is 4.98 Å². The van der Waals surface area contributed by atoms with Gasteiger partial charge >= 0.3 is 0 Å². The van der Waals surface area contributed by atoms with E-state index in [1.165, 1.54) is 11.3 Å². The summed E-state index contributed by atoms with van der Waals surface area (Å²) in [5.41, 5.74) is 1.03. The van der Waals surface area contributed by atoms with Crippen molar-refractivity contribution in [2.24, 2.45) is 11.8 Å². The number of thiophene rings is 1. The fraction of sp³-hybridized carbons (Fsp3) is 0.400. The summed E-state index contributed by atoms with van der Waals surface area (Å²) in [5, 5.41) is 7.70. The lowest BCUT2D eigenvalue weighted by Gasteiger charge is -2.20. The molecule has 1 aromatic carbocycles. The smallest absolute Gasteiger partial charge is 0.264 e. The highest BCUT2D eigenvalue weighted by Gasteiger charge is 2.32. The van der Waals surface area contributed by atoms with Crippen LogP contribution < -0.4 is 10.6 Å². The number of fused-ring (bicyclic) bond motifs is 2. The SMILES string of the molecule is O=C(c1cc2sc(Nc3ccccc3)nc2s1)N1CC[C@@H]2CNC[C@@H]2CC1. The maximum absolute atomic E-state index is 13.0. The number of carbonyl (C=O) groups is 1. The molecule has 2 fully saturated rings. The highest BCUT2D eigenvalue weighted by molar-refractivity contribution is 7.29. The van der Waals surface area contributed by atoms with Crippen molar-refractivity contribution in [2.45, 2.75) is 12.8 Å². The first-order valence-corrected chi connectivity index (χ1v) is 11.1. The van der Waals surface area contributed by atoms with Crippen LogP contribution in [0, 0.1) is 11.8 Å². The second kappa shape index (κ2) is 7.22. The zero-order chi connectivity index (χ0) is 18.2. The van der Waals surface area contributed by atoms with Gasteiger partial charge in [-0.05, 0) is 56.0 Å². The number of hydrogen-bond donors (Lipinski definition) is 2. The summed E-state index contributed by atoms with van der Waals surface area (Å²) >= 11 is 3.12. The van der Waals surface area contributed by atoms with Crippen molar-refractivity contribution < 1.29 is 4.79 Å². The molecule has 2 aliphatic heterocycles. The Balaban J connectivity index is 1.30. The zero-order valence-corrected chi connectivity index (χ0v) is 16.6. The molecule has 2 atom stereocenters.